The molecule has 0 aromatic heterocycles. The molecule has 19 heavy (non-hydrogen) atoms. The molecule has 2 rings (SSSR count). The summed E-state index contributed by atoms with van der Waals surface area (Å²) in [6.45, 7) is 0. The first kappa shape index (κ1) is 15.9. The average molecular weight is 514 g/mol. The highest BCUT2D eigenvalue weighted by molar-refractivity contribution is 14.1. The van der Waals surface area contributed by atoms with Crippen LogP contribution in [0.2, 0.25) is 0 Å². The lowest BCUT2D eigenvalue weighted by Crippen LogP contribution is -1.82. The summed E-state index contributed by atoms with van der Waals surface area (Å²) in [6, 6.07) is 17.0. The van der Waals surface area contributed by atoms with E-state index >= 15 is 0 Å². The third-order valence-corrected chi connectivity index (χ3v) is 5.48. The van der Waals surface area contributed by atoms with E-state index in [0.717, 1.165) is 11.5 Å². The minimum atomic E-state index is 0.886. The second-order valence-corrected chi connectivity index (χ2v) is 7.93. The van der Waals surface area contributed by atoms with Gasteiger partial charge in [0.05, 0.1) is 0 Å². The number of hydrogen-bond acceptors (Lipinski definition) is 3. The second-order valence-electron chi connectivity index (χ2n) is 3.85. The minimum absolute atomic E-state index is 0.886. The molecule has 5 heteroatoms. The zero-order valence-corrected chi connectivity index (χ0v) is 16.0. The van der Waals surface area contributed by atoms with Gasteiger partial charge in [0.15, 0.2) is 0 Å². The fourth-order valence-electron chi connectivity index (χ4n) is 1.38. The summed E-state index contributed by atoms with van der Waals surface area (Å²) in [4.78, 5) is 0. The minimum Gasteiger partial charge on any atom is -0.247 e. The lowest BCUT2D eigenvalue weighted by Gasteiger charge is -2.03. The van der Waals surface area contributed by atoms with E-state index < -0.39 is 0 Å². The predicted molar refractivity (Wildman–Crippen MR) is 102 cm³/mol. The maximum absolute atomic E-state index is 5.53. The van der Waals surface area contributed by atoms with Crippen LogP contribution in [0.3, 0.4) is 0 Å². The number of hydrogen-bond donors (Lipinski definition) is 0. The van der Waals surface area contributed by atoms with Crippen LogP contribution >= 0.6 is 69.3 Å². The van der Waals surface area contributed by atoms with Gasteiger partial charge >= 0.3 is 0 Å². The number of halogens is 2. The van der Waals surface area contributed by atoms with Gasteiger partial charge in [-0.25, -0.2) is 3.63 Å². The Hall–Kier alpha value is 0.560. The molecule has 0 atom stereocenters. The molecule has 0 N–H and O–H groups in total. The van der Waals surface area contributed by atoms with Crippen molar-refractivity contribution in [2.75, 3.05) is 0 Å². The molecule has 0 radical (unpaired) electrons. The summed E-state index contributed by atoms with van der Waals surface area (Å²) in [7, 11) is 0. The van der Waals surface area contributed by atoms with Crippen molar-refractivity contribution in [2.45, 2.75) is 11.5 Å². The van der Waals surface area contributed by atoms with Crippen LogP contribution in [0.25, 0.3) is 0 Å². The van der Waals surface area contributed by atoms with E-state index in [2.05, 4.69) is 93.7 Å². The zero-order chi connectivity index (χ0) is 13.5. The molecular formula is C14H12I2OS2. The van der Waals surface area contributed by atoms with Crippen LogP contribution in [0.15, 0.2) is 48.5 Å². The molecule has 0 spiro atoms. The smallest absolute Gasteiger partial charge is 0.0461 e. The van der Waals surface area contributed by atoms with E-state index in [0.29, 0.717) is 0 Å². The Balaban J connectivity index is 1.64. The number of benzene rings is 2. The van der Waals surface area contributed by atoms with Crippen molar-refractivity contribution in [1.29, 1.82) is 0 Å². The van der Waals surface area contributed by atoms with E-state index in [1.54, 1.807) is 0 Å². The molecule has 0 saturated carbocycles. The first-order valence-corrected chi connectivity index (χ1v) is 9.62. The van der Waals surface area contributed by atoms with Gasteiger partial charge in [0.2, 0.25) is 0 Å². The molecule has 1 nitrogen and oxygen atoms in total. The summed E-state index contributed by atoms with van der Waals surface area (Å²) >= 11 is 7.61. The lowest BCUT2D eigenvalue weighted by atomic mass is 10.2. The maximum atomic E-state index is 5.53. The molecule has 0 aliphatic carbocycles. The second kappa shape index (κ2) is 8.76. The Bertz CT molecular complexity index is 452. The van der Waals surface area contributed by atoms with Gasteiger partial charge in [-0.3, -0.25) is 0 Å². The van der Waals surface area contributed by atoms with Gasteiger partial charge in [0, 0.05) is 42.7 Å². The molecule has 0 amide bonds. The van der Waals surface area contributed by atoms with E-state index in [9.17, 15) is 0 Å². The summed E-state index contributed by atoms with van der Waals surface area (Å²) in [5.41, 5.74) is 2.58. The Morgan fingerprint density at radius 1 is 0.684 bits per heavy atom. The molecular weight excluding hydrogens is 502 g/mol. The largest absolute Gasteiger partial charge is 0.247 e. The Labute approximate surface area is 150 Å². The van der Waals surface area contributed by atoms with E-state index in [1.165, 1.54) is 42.4 Å². The van der Waals surface area contributed by atoms with Gasteiger partial charge < -0.3 is 0 Å². The molecule has 2 aromatic rings. The average Bonchev–Trinajstić information content (AvgIpc) is 2.43. The number of rotatable bonds is 6. The molecule has 0 aliphatic rings. The summed E-state index contributed by atoms with van der Waals surface area (Å²) in [5, 5.41) is 0. The normalized spacial score (nSPS) is 10.6. The SMILES string of the molecule is Ic1ccc(CSOSCc2ccc(I)cc2)cc1. The van der Waals surface area contributed by atoms with Crippen LogP contribution < -0.4 is 0 Å². The van der Waals surface area contributed by atoms with Crippen molar-refractivity contribution in [3.8, 4) is 0 Å². The molecule has 0 unspecified atom stereocenters. The highest BCUT2D eigenvalue weighted by atomic mass is 127. The molecule has 0 fully saturated rings. The van der Waals surface area contributed by atoms with E-state index in [4.69, 9.17) is 3.63 Å². The lowest BCUT2D eigenvalue weighted by molar-refractivity contribution is 0.755. The van der Waals surface area contributed by atoms with Gasteiger partial charge in [-0.1, -0.05) is 24.3 Å². The molecule has 0 saturated heterocycles. The third-order valence-electron chi connectivity index (χ3n) is 2.37. The summed E-state index contributed by atoms with van der Waals surface area (Å²) in [6.07, 6.45) is 0. The van der Waals surface area contributed by atoms with Crippen LogP contribution in [0.1, 0.15) is 11.1 Å². The fourth-order valence-corrected chi connectivity index (χ4v) is 3.41. The van der Waals surface area contributed by atoms with Crippen LogP contribution in [0.5, 0.6) is 0 Å². The van der Waals surface area contributed by atoms with Gasteiger partial charge in [0.1, 0.15) is 0 Å². The van der Waals surface area contributed by atoms with Crippen LogP contribution in [0, 0.1) is 7.14 Å². The van der Waals surface area contributed by atoms with Crippen LogP contribution in [0.4, 0.5) is 0 Å². The Kier molecular flexibility index (Phi) is 7.35. The van der Waals surface area contributed by atoms with E-state index in [-0.39, 0.29) is 0 Å². The van der Waals surface area contributed by atoms with Crippen molar-refractivity contribution in [1.82, 2.24) is 0 Å². The standard InChI is InChI=1S/C14H12I2OS2/c15-13-5-1-11(2-6-13)9-18-17-19-10-12-3-7-14(16)8-4-12/h1-8H,9-10H2. The topological polar surface area (TPSA) is 9.23 Å². The first-order chi connectivity index (χ1) is 9.24. The maximum Gasteiger partial charge on any atom is 0.0461 e. The predicted octanol–water partition coefficient (Wildman–Crippen LogP) is 5.91. The molecule has 0 heterocycles. The van der Waals surface area contributed by atoms with Crippen molar-refractivity contribution in [3.63, 3.8) is 0 Å². The molecule has 2 aromatic carbocycles. The Morgan fingerprint density at radius 2 is 1.05 bits per heavy atom. The van der Waals surface area contributed by atoms with Crippen molar-refractivity contribution in [2.24, 2.45) is 0 Å². The van der Waals surface area contributed by atoms with Gasteiger partial charge in [-0.15, -0.1) is 0 Å². The quantitative estimate of drug-likeness (QED) is 0.270. The molecule has 0 bridgehead atoms. The van der Waals surface area contributed by atoms with Crippen LogP contribution in [-0.2, 0) is 15.1 Å². The van der Waals surface area contributed by atoms with Gasteiger partial charge in [-0.2, -0.15) is 0 Å². The highest BCUT2D eigenvalue weighted by Crippen LogP contribution is 2.23. The van der Waals surface area contributed by atoms with Gasteiger partial charge in [0.25, 0.3) is 0 Å². The third kappa shape index (κ3) is 6.24. The van der Waals surface area contributed by atoms with Crippen LogP contribution in [-0.4, -0.2) is 0 Å². The summed E-state index contributed by atoms with van der Waals surface area (Å²) < 4.78 is 8.06. The zero-order valence-electron chi connectivity index (χ0n) is 10.0. The van der Waals surface area contributed by atoms with Crippen molar-refractivity contribution in [3.05, 3.63) is 66.8 Å². The van der Waals surface area contributed by atoms with Crippen molar-refractivity contribution >= 4 is 69.3 Å². The molecule has 0 aliphatic heterocycles. The highest BCUT2D eigenvalue weighted by Gasteiger charge is 1.97. The first-order valence-electron chi connectivity index (χ1n) is 5.64. The van der Waals surface area contributed by atoms with E-state index in [1.807, 2.05) is 0 Å². The molecule has 100 valence electrons. The van der Waals surface area contributed by atoms with Crippen molar-refractivity contribution < 1.29 is 3.63 Å². The van der Waals surface area contributed by atoms with Gasteiger partial charge in [-0.05, 0) is 80.6 Å². The Morgan fingerprint density at radius 3 is 1.42 bits per heavy atom. The summed E-state index contributed by atoms with van der Waals surface area (Å²) in [5.74, 6) is 1.77. The fraction of sp³-hybridized carbons (Fsp3) is 0.143. The monoisotopic (exact) mass is 514 g/mol.